The Hall–Kier alpha value is -0.130. The predicted octanol–water partition coefficient (Wildman–Crippen LogP) is 0.778. The Balaban J connectivity index is 2.61. The van der Waals surface area contributed by atoms with Gasteiger partial charge in [0, 0.05) is 5.41 Å². The van der Waals surface area contributed by atoms with Crippen molar-refractivity contribution in [2.75, 3.05) is 19.5 Å². The lowest BCUT2D eigenvalue weighted by molar-refractivity contribution is -0.159. The molecule has 1 atom stereocenters. The Morgan fingerprint density at radius 3 is 2.31 bits per heavy atom. The summed E-state index contributed by atoms with van der Waals surface area (Å²) in [5.74, 6) is 0. The largest absolute Gasteiger partial charge is 0.380 e. The van der Waals surface area contributed by atoms with Gasteiger partial charge in [0.25, 0.3) is 10.1 Å². The van der Waals surface area contributed by atoms with E-state index in [0.29, 0.717) is 13.2 Å². The first-order valence-electron chi connectivity index (χ1n) is 4.36. The van der Waals surface area contributed by atoms with E-state index in [1.807, 2.05) is 6.92 Å². The molecule has 1 fully saturated rings. The van der Waals surface area contributed by atoms with Gasteiger partial charge in [-0.05, 0) is 13.3 Å². The molecule has 0 radical (unpaired) electrons. The zero-order valence-electron chi connectivity index (χ0n) is 8.24. The van der Waals surface area contributed by atoms with Crippen molar-refractivity contribution in [2.45, 2.75) is 26.4 Å². The fraction of sp³-hybridized carbons (Fsp3) is 1.00. The third kappa shape index (κ3) is 2.42. The molecular weight excluding hydrogens is 192 g/mol. The topological polar surface area (TPSA) is 52.6 Å². The molecule has 1 rings (SSSR count). The maximum absolute atomic E-state index is 10.9. The van der Waals surface area contributed by atoms with Crippen LogP contribution in [0.15, 0.2) is 0 Å². The molecule has 0 saturated carbocycles. The average molecular weight is 208 g/mol. The molecule has 78 valence electrons. The number of rotatable bonds is 4. The first-order valence-corrected chi connectivity index (χ1v) is 6.17. The van der Waals surface area contributed by atoms with Gasteiger partial charge in [-0.15, -0.1) is 0 Å². The Labute approximate surface area is 79.3 Å². The van der Waals surface area contributed by atoms with Crippen LogP contribution in [-0.2, 0) is 19.0 Å². The molecule has 0 aromatic heterocycles. The fourth-order valence-electron chi connectivity index (χ4n) is 1.45. The van der Waals surface area contributed by atoms with Gasteiger partial charge in [-0.2, -0.15) is 8.42 Å². The van der Waals surface area contributed by atoms with E-state index in [0.717, 1.165) is 12.7 Å². The second-order valence-electron chi connectivity index (χ2n) is 3.65. The number of hydrogen-bond acceptors (Lipinski definition) is 4. The van der Waals surface area contributed by atoms with Crippen LogP contribution in [0.3, 0.4) is 0 Å². The molecule has 0 amide bonds. The molecule has 1 heterocycles. The molecule has 1 aliphatic heterocycles. The van der Waals surface area contributed by atoms with Crippen LogP contribution in [0.1, 0.15) is 20.3 Å². The lowest BCUT2D eigenvalue weighted by Gasteiger charge is -2.44. The molecule has 0 spiro atoms. The van der Waals surface area contributed by atoms with Crippen molar-refractivity contribution in [3.8, 4) is 0 Å². The van der Waals surface area contributed by atoms with Crippen molar-refractivity contribution in [3.63, 3.8) is 0 Å². The van der Waals surface area contributed by atoms with Gasteiger partial charge in [0.1, 0.15) is 0 Å². The molecule has 0 aliphatic carbocycles. The lowest BCUT2D eigenvalue weighted by atomic mass is 9.78. The monoisotopic (exact) mass is 208 g/mol. The van der Waals surface area contributed by atoms with Crippen molar-refractivity contribution in [2.24, 2.45) is 5.41 Å². The summed E-state index contributed by atoms with van der Waals surface area (Å²) in [4.78, 5) is 0. The van der Waals surface area contributed by atoms with Crippen LogP contribution < -0.4 is 0 Å². The third-order valence-corrected chi connectivity index (χ3v) is 3.30. The fourth-order valence-corrected chi connectivity index (χ4v) is 2.18. The molecule has 1 unspecified atom stereocenters. The summed E-state index contributed by atoms with van der Waals surface area (Å²) in [7, 11) is -3.35. The van der Waals surface area contributed by atoms with Gasteiger partial charge in [0.2, 0.25) is 0 Å². The number of hydrogen-bond donors (Lipinski definition) is 0. The van der Waals surface area contributed by atoms with Crippen LogP contribution in [0.25, 0.3) is 0 Å². The van der Waals surface area contributed by atoms with Gasteiger partial charge in [-0.1, -0.05) is 6.92 Å². The summed E-state index contributed by atoms with van der Waals surface area (Å²) >= 11 is 0. The maximum Gasteiger partial charge on any atom is 0.264 e. The zero-order chi connectivity index (χ0) is 10.1. The van der Waals surface area contributed by atoms with Crippen LogP contribution in [0.4, 0.5) is 0 Å². The highest BCUT2D eigenvalue weighted by atomic mass is 32.2. The Morgan fingerprint density at radius 1 is 1.54 bits per heavy atom. The summed E-state index contributed by atoms with van der Waals surface area (Å²) in [6, 6.07) is 0. The highest BCUT2D eigenvalue weighted by Gasteiger charge is 2.44. The molecule has 0 bridgehead atoms. The van der Waals surface area contributed by atoms with Crippen molar-refractivity contribution in [3.05, 3.63) is 0 Å². The Morgan fingerprint density at radius 2 is 2.08 bits per heavy atom. The van der Waals surface area contributed by atoms with E-state index in [1.54, 1.807) is 6.92 Å². The second-order valence-corrected chi connectivity index (χ2v) is 5.25. The van der Waals surface area contributed by atoms with Crippen molar-refractivity contribution >= 4 is 10.1 Å². The van der Waals surface area contributed by atoms with E-state index in [2.05, 4.69) is 0 Å². The van der Waals surface area contributed by atoms with Crippen LogP contribution in [0, 0.1) is 5.41 Å². The van der Waals surface area contributed by atoms with Crippen LogP contribution in [-0.4, -0.2) is 34.0 Å². The quantitative estimate of drug-likeness (QED) is 0.641. The maximum atomic E-state index is 10.9. The van der Waals surface area contributed by atoms with Gasteiger partial charge in [0.05, 0.1) is 25.6 Å². The minimum Gasteiger partial charge on any atom is -0.380 e. The Bertz CT molecular complexity index is 260. The molecule has 13 heavy (non-hydrogen) atoms. The van der Waals surface area contributed by atoms with Crippen molar-refractivity contribution < 1.29 is 17.3 Å². The standard InChI is InChI=1S/C8H16O4S/c1-4-8(5-11-6-8)7(2)12-13(3,9)10/h7H,4-6H2,1-3H3. The Kier molecular flexibility index (Phi) is 2.99. The first kappa shape index (κ1) is 10.9. The molecule has 1 aliphatic rings. The number of ether oxygens (including phenoxy) is 1. The van der Waals surface area contributed by atoms with E-state index in [1.165, 1.54) is 0 Å². The van der Waals surface area contributed by atoms with Crippen molar-refractivity contribution in [1.82, 2.24) is 0 Å². The smallest absolute Gasteiger partial charge is 0.264 e. The van der Waals surface area contributed by atoms with Crippen LogP contribution in [0.2, 0.25) is 0 Å². The normalized spacial score (nSPS) is 23.6. The minimum atomic E-state index is -3.35. The van der Waals surface area contributed by atoms with Gasteiger partial charge < -0.3 is 4.74 Å². The third-order valence-electron chi connectivity index (χ3n) is 2.66. The minimum absolute atomic E-state index is 0.0942. The van der Waals surface area contributed by atoms with Crippen LogP contribution in [0.5, 0.6) is 0 Å². The van der Waals surface area contributed by atoms with E-state index >= 15 is 0 Å². The van der Waals surface area contributed by atoms with E-state index in [4.69, 9.17) is 8.92 Å². The average Bonchev–Trinajstić information content (AvgIpc) is 1.80. The van der Waals surface area contributed by atoms with Gasteiger partial charge in [-0.3, -0.25) is 4.18 Å². The molecular formula is C8H16O4S. The van der Waals surface area contributed by atoms with E-state index < -0.39 is 10.1 Å². The first-order chi connectivity index (χ1) is 5.90. The highest BCUT2D eigenvalue weighted by molar-refractivity contribution is 7.86. The highest BCUT2D eigenvalue weighted by Crippen LogP contribution is 2.36. The van der Waals surface area contributed by atoms with Crippen LogP contribution >= 0.6 is 0 Å². The summed E-state index contributed by atoms with van der Waals surface area (Å²) in [5, 5.41) is 0. The molecule has 4 nitrogen and oxygen atoms in total. The summed E-state index contributed by atoms with van der Waals surface area (Å²) in [6.07, 6.45) is 1.66. The molecule has 0 N–H and O–H groups in total. The summed E-state index contributed by atoms with van der Waals surface area (Å²) in [6.45, 7) is 5.00. The van der Waals surface area contributed by atoms with Crippen molar-refractivity contribution in [1.29, 1.82) is 0 Å². The summed E-state index contributed by atoms with van der Waals surface area (Å²) in [5.41, 5.74) is -0.0942. The molecule has 0 aromatic carbocycles. The van der Waals surface area contributed by atoms with Gasteiger partial charge >= 0.3 is 0 Å². The zero-order valence-corrected chi connectivity index (χ0v) is 9.06. The predicted molar refractivity (Wildman–Crippen MR) is 48.9 cm³/mol. The van der Waals surface area contributed by atoms with Gasteiger partial charge in [0.15, 0.2) is 0 Å². The SMILES string of the molecule is CCC1(C(C)OS(C)(=O)=O)COC1. The summed E-state index contributed by atoms with van der Waals surface area (Å²) < 4.78 is 31.8. The molecule has 0 aromatic rings. The van der Waals surface area contributed by atoms with Gasteiger partial charge in [-0.25, -0.2) is 0 Å². The molecule has 5 heteroatoms. The molecule has 1 saturated heterocycles. The van der Waals surface area contributed by atoms with E-state index in [9.17, 15) is 8.42 Å². The van der Waals surface area contributed by atoms with E-state index in [-0.39, 0.29) is 11.5 Å². The lowest BCUT2D eigenvalue weighted by Crippen LogP contribution is -2.51. The second kappa shape index (κ2) is 3.55.